The van der Waals surface area contributed by atoms with E-state index in [1.807, 2.05) is 17.5 Å². The summed E-state index contributed by atoms with van der Waals surface area (Å²) in [7, 11) is 0. The number of Topliss-reactive ketones (excluding diaryl/α,β-unsaturated/α-hetero) is 1. The molecule has 1 atom stereocenters. The molecule has 28 heavy (non-hydrogen) atoms. The zero-order valence-electron chi connectivity index (χ0n) is 15.9. The van der Waals surface area contributed by atoms with Gasteiger partial charge < -0.3 is 14.9 Å². The SMILES string of the molecule is CCN(CC)CCN1C(=O)C(=O)/C(=C(\O)c2ccc(Cl)cc2)C1c1cccs1. The number of benzene rings is 1. The molecule has 0 aliphatic carbocycles. The smallest absolute Gasteiger partial charge is 0.295 e. The predicted molar refractivity (Wildman–Crippen MR) is 113 cm³/mol. The first-order chi connectivity index (χ1) is 13.5. The summed E-state index contributed by atoms with van der Waals surface area (Å²) in [6.07, 6.45) is 0. The summed E-state index contributed by atoms with van der Waals surface area (Å²) in [5.74, 6) is -1.38. The van der Waals surface area contributed by atoms with E-state index in [1.54, 1.807) is 29.2 Å². The lowest BCUT2D eigenvalue weighted by Crippen LogP contribution is -2.37. The van der Waals surface area contributed by atoms with Crippen molar-refractivity contribution in [3.63, 3.8) is 0 Å². The monoisotopic (exact) mass is 418 g/mol. The van der Waals surface area contributed by atoms with E-state index in [4.69, 9.17) is 11.6 Å². The van der Waals surface area contributed by atoms with Crippen LogP contribution >= 0.6 is 22.9 Å². The molecular formula is C21H23ClN2O3S. The van der Waals surface area contributed by atoms with Gasteiger partial charge in [-0.1, -0.05) is 31.5 Å². The summed E-state index contributed by atoms with van der Waals surface area (Å²) in [4.78, 5) is 30.3. The molecule has 0 radical (unpaired) electrons. The lowest BCUT2D eigenvalue weighted by Gasteiger charge is -2.27. The van der Waals surface area contributed by atoms with Crippen LogP contribution < -0.4 is 0 Å². The van der Waals surface area contributed by atoms with Crippen LogP contribution in [0.15, 0.2) is 47.4 Å². The molecule has 0 bridgehead atoms. The molecule has 1 saturated heterocycles. The number of likely N-dealkylation sites (N-methyl/N-ethyl adjacent to an activating group) is 1. The van der Waals surface area contributed by atoms with Crippen molar-refractivity contribution in [1.82, 2.24) is 9.80 Å². The van der Waals surface area contributed by atoms with Crippen LogP contribution in [0, 0.1) is 0 Å². The molecule has 0 spiro atoms. The van der Waals surface area contributed by atoms with E-state index in [1.165, 1.54) is 11.3 Å². The standard InChI is InChI=1S/C21H23ClN2O3S/c1-3-23(4-2)11-12-24-18(16-6-5-13-28-16)17(20(26)21(24)27)19(25)14-7-9-15(22)10-8-14/h5-10,13,18,25H,3-4,11-12H2,1-2H3/b19-17-. The maximum absolute atomic E-state index is 12.8. The van der Waals surface area contributed by atoms with Crippen molar-refractivity contribution in [3.8, 4) is 0 Å². The van der Waals surface area contributed by atoms with E-state index in [-0.39, 0.29) is 11.3 Å². The van der Waals surface area contributed by atoms with Gasteiger partial charge in [0, 0.05) is 28.6 Å². The number of ketones is 1. The van der Waals surface area contributed by atoms with Crippen LogP contribution in [-0.2, 0) is 9.59 Å². The van der Waals surface area contributed by atoms with Crippen LogP contribution in [0.2, 0.25) is 5.02 Å². The zero-order valence-corrected chi connectivity index (χ0v) is 17.5. The molecule has 1 N–H and O–H groups in total. The minimum absolute atomic E-state index is 0.134. The second kappa shape index (κ2) is 8.90. The van der Waals surface area contributed by atoms with Crippen LogP contribution in [-0.4, -0.2) is 52.8 Å². The Hall–Kier alpha value is -2.15. The van der Waals surface area contributed by atoms with E-state index in [0.717, 1.165) is 18.0 Å². The quantitative estimate of drug-likeness (QED) is 0.416. The van der Waals surface area contributed by atoms with Crippen molar-refractivity contribution in [2.75, 3.05) is 26.2 Å². The van der Waals surface area contributed by atoms with E-state index < -0.39 is 17.7 Å². The molecule has 1 unspecified atom stereocenters. The highest BCUT2D eigenvalue weighted by Gasteiger charge is 2.46. The second-order valence-electron chi connectivity index (χ2n) is 6.54. The van der Waals surface area contributed by atoms with Gasteiger partial charge in [0.1, 0.15) is 5.76 Å². The van der Waals surface area contributed by atoms with Gasteiger partial charge in [0.05, 0.1) is 11.6 Å². The van der Waals surface area contributed by atoms with Gasteiger partial charge >= 0.3 is 0 Å². The van der Waals surface area contributed by atoms with Crippen molar-refractivity contribution in [1.29, 1.82) is 0 Å². The van der Waals surface area contributed by atoms with E-state index in [9.17, 15) is 14.7 Å². The first kappa shape index (κ1) is 20.6. The highest BCUT2D eigenvalue weighted by Crippen LogP contribution is 2.40. The first-order valence-electron chi connectivity index (χ1n) is 9.28. The van der Waals surface area contributed by atoms with Crippen molar-refractivity contribution < 1.29 is 14.7 Å². The van der Waals surface area contributed by atoms with Gasteiger partial charge in [0.15, 0.2) is 0 Å². The molecule has 1 amide bonds. The summed E-state index contributed by atoms with van der Waals surface area (Å²) >= 11 is 7.40. The maximum Gasteiger partial charge on any atom is 0.295 e. The molecule has 3 rings (SSSR count). The summed E-state index contributed by atoms with van der Waals surface area (Å²) < 4.78 is 0. The van der Waals surface area contributed by atoms with Gasteiger partial charge in [-0.25, -0.2) is 0 Å². The van der Waals surface area contributed by atoms with Crippen LogP contribution in [0.25, 0.3) is 5.76 Å². The number of likely N-dealkylation sites (tertiary alicyclic amines) is 1. The number of thiophene rings is 1. The normalized spacial score (nSPS) is 19.0. The van der Waals surface area contributed by atoms with Crippen LogP contribution in [0.5, 0.6) is 0 Å². The number of aliphatic hydroxyl groups excluding tert-OH is 1. The molecule has 2 heterocycles. The Morgan fingerprint density at radius 1 is 1.18 bits per heavy atom. The third-order valence-electron chi connectivity index (χ3n) is 5.02. The summed E-state index contributed by atoms with van der Waals surface area (Å²) in [5.41, 5.74) is 0.599. The van der Waals surface area contributed by atoms with Crippen molar-refractivity contribution in [3.05, 3.63) is 62.8 Å². The molecule has 5 nitrogen and oxygen atoms in total. The number of carbonyl (C=O) groups excluding carboxylic acids is 2. The Balaban J connectivity index is 2.03. The fourth-order valence-corrected chi connectivity index (χ4v) is 4.38. The third-order valence-corrected chi connectivity index (χ3v) is 6.20. The molecule has 0 saturated carbocycles. The number of carbonyl (C=O) groups is 2. The van der Waals surface area contributed by atoms with Gasteiger partial charge in [0.2, 0.25) is 0 Å². The number of halogens is 1. The minimum Gasteiger partial charge on any atom is -0.507 e. The molecular weight excluding hydrogens is 396 g/mol. The van der Waals surface area contributed by atoms with Crippen molar-refractivity contribution in [2.45, 2.75) is 19.9 Å². The van der Waals surface area contributed by atoms with Gasteiger partial charge in [0.25, 0.3) is 11.7 Å². The van der Waals surface area contributed by atoms with Crippen LogP contribution in [0.3, 0.4) is 0 Å². The molecule has 7 heteroatoms. The fraction of sp³-hybridized carbons (Fsp3) is 0.333. The Labute approximate surface area is 173 Å². The summed E-state index contributed by atoms with van der Waals surface area (Å²) in [5, 5.41) is 13.3. The van der Waals surface area contributed by atoms with Crippen molar-refractivity contribution >= 4 is 40.4 Å². The first-order valence-corrected chi connectivity index (χ1v) is 10.5. The lowest BCUT2D eigenvalue weighted by molar-refractivity contribution is -0.140. The fourth-order valence-electron chi connectivity index (χ4n) is 3.41. The van der Waals surface area contributed by atoms with Gasteiger partial charge in [-0.3, -0.25) is 9.59 Å². The molecule has 1 aliphatic rings. The molecule has 148 valence electrons. The predicted octanol–water partition coefficient (Wildman–Crippen LogP) is 4.17. The van der Waals surface area contributed by atoms with Crippen LogP contribution in [0.4, 0.5) is 0 Å². The van der Waals surface area contributed by atoms with Gasteiger partial charge in [-0.15, -0.1) is 11.3 Å². The Bertz CT molecular complexity index is 874. The highest BCUT2D eigenvalue weighted by molar-refractivity contribution is 7.10. The molecule has 1 aliphatic heterocycles. The van der Waals surface area contributed by atoms with E-state index >= 15 is 0 Å². The topological polar surface area (TPSA) is 60.9 Å². The number of rotatable bonds is 7. The number of amides is 1. The molecule has 2 aromatic rings. The molecule has 1 aromatic heterocycles. The number of nitrogens with zero attached hydrogens (tertiary/aromatic N) is 2. The maximum atomic E-state index is 12.8. The number of aliphatic hydroxyl groups is 1. The average Bonchev–Trinajstić information content (AvgIpc) is 3.31. The third kappa shape index (κ3) is 3.99. The Morgan fingerprint density at radius 3 is 2.43 bits per heavy atom. The van der Waals surface area contributed by atoms with E-state index in [0.29, 0.717) is 23.7 Å². The highest BCUT2D eigenvalue weighted by atomic mass is 35.5. The second-order valence-corrected chi connectivity index (χ2v) is 7.96. The molecule has 1 aromatic carbocycles. The Morgan fingerprint density at radius 2 is 1.86 bits per heavy atom. The summed E-state index contributed by atoms with van der Waals surface area (Å²) in [6.45, 7) is 6.96. The Kier molecular flexibility index (Phi) is 6.54. The number of hydrogen-bond donors (Lipinski definition) is 1. The largest absolute Gasteiger partial charge is 0.507 e. The minimum atomic E-state index is -0.648. The lowest BCUT2D eigenvalue weighted by atomic mass is 10.00. The van der Waals surface area contributed by atoms with Gasteiger partial charge in [-0.05, 0) is 48.8 Å². The van der Waals surface area contributed by atoms with Crippen molar-refractivity contribution in [2.24, 2.45) is 0 Å². The van der Waals surface area contributed by atoms with Crippen LogP contribution in [0.1, 0.15) is 30.3 Å². The summed E-state index contributed by atoms with van der Waals surface area (Å²) in [6, 6.07) is 9.78. The van der Waals surface area contributed by atoms with Gasteiger partial charge in [-0.2, -0.15) is 0 Å². The van der Waals surface area contributed by atoms with E-state index in [2.05, 4.69) is 18.7 Å². The zero-order chi connectivity index (χ0) is 20.3. The average molecular weight is 419 g/mol. The number of hydrogen-bond acceptors (Lipinski definition) is 5. The molecule has 1 fully saturated rings.